The van der Waals surface area contributed by atoms with Crippen molar-refractivity contribution in [3.8, 4) is 0 Å². The predicted molar refractivity (Wildman–Crippen MR) is 56.2 cm³/mol. The van der Waals surface area contributed by atoms with Gasteiger partial charge in [-0.15, -0.1) is 0 Å². The quantitative estimate of drug-likeness (QED) is 0.422. The zero-order valence-corrected chi connectivity index (χ0v) is 9.08. The average Bonchev–Trinajstić information content (AvgIpc) is 2.28. The summed E-state index contributed by atoms with van der Waals surface area (Å²) in [6.07, 6.45) is -0.233. The van der Waals surface area contributed by atoms with Gasteiger partial charge in [0.25, 0.3) is 5.69 Å². The second-order valence-corrected chi connectivity index (χ2v) is 3.65. The average molecular weight is 236 g/mol. The molecule has 0 amide bonds. The van der Waals surface area contributed by atoms with E-state index in [0.717, 1.165) is 6.07 Å². The molecule has 0 unspecified atom stereocenters. The molecule has 0 aromatic heterocycles. The van der Waals surface area contributed by atoms with Gasteiger partial charge in [0.05, 0.1) is 4.92 Å². The van der Waals surface area contributed by atoms with Crippen LogP contribution in [0.5, 0.6) is 0 Å². The molecule has 0 aliphatic rings. The summed E-state index contributed by atoms with van der Waals surface area (Å²) in [7, 11) is 0. The standard InChI is InChI=1S/C11H11NO5/c1-7(11(14)15)5-10(13)8-3-2-4-9(6-8)12(16)17/h2-4,6-7H,5H2,1H3,(H,14,15)/p-1/t7-/m0/s1. The van der Waals surface area contributed by atoms with Crippen molar-refractivity contribution in [2.24, 2.45) is 5.92 Å². The summed E-state index contributed by atoms with van der Waals surface area (Å²) < 4.78 is 0. The molecule has 0 aliphatic heterocycles. The van der Waals surface area contributed by atoms with E-state index in [-0.39, 0.29) is 17.7 Å². The van der Waals surface area contributed by atoms with E-state index in [4.69, 9.17) is 0 Å². The number of aliphatic carboxylic acids is 1. The third-order valence-electron chi connectivity index (χ3n) is 2.27. The van der Waals surface area contributed by atoms with Crippen LogP contribution in [-0.2, 0) is 4.79 Å². The zero-order valence-electron chi connectivity index (χ0n) is 9.08. The van der Waals surface area contributed by atoms with Gasteiger partial charge in [0, 0.05) is 36.0 Å². The van der Waals surface area contributed by atoms with Gasteiger partial charge in [0.15, 0.2) is 5.78 Å². The monoisotopic (exact) mass is 236 g/mol. The fraction of sp³-hybridized carbons (Fsp3) is 0.273. The van der Waals surface area contributed by atoms with E-state index >= 15 is 0 Å². The Morgan fingerprint density at radius 2 is 2.06 bits per heavy atom. The van der Waals surface area contributed by atoms with Gasteiger partial charge in [-0.3, -0.25) is 14.9 Å². The maximum atomic E-state index is 11.6. The lowest BCUT2D eigenvalue weighted by Gasteiger charge is -2.10. The van der Waals surface area contributed by atoms with Gasteiger partial charge in [-0.2, -0.15) is 0 Å². The van der Waals surface area contributed by atoms with Crippen molar-refractivity contribution in [1.82, 2.24) is 0 Å². The number of hydrogen-bond donors (Lipinski definition) is 0. The van der Waals surface area contributed by atoms with Gasteiger partial charge < -0.3 is 9.90 Å². The maximum Gasteiger partial charge on any atom is 0.270 e. The Bertz CT molecular complexity index is 469. The lowest BCUT2D eigenvalue weighted by molar-refractivity contribution is -0.384. The molecule has 6 heteroatoms. The lowest BCUT2D eigenvalue weighted by atomic mass is 10.00. The highest BCUT2D eigenvalue weighted by molar-refractivity contribution is 5.98. The van der Waals surface area contributed by atoms with E-state index in [1.54, 1.807) is 0 Å². The van der Waals surface area contributed by atoms with E-state index in [9.17, 15) is 24.8 Å². The van der Waals surface area contributed by atoms with Crippen LogP contribution >= 0.6 is 0 Å². The first-order chi connectivity index (χ1) is 7.91. The number of rotatable bonds is 5. The molecule has 0 spiro atoms. The second-order valence-electron chi connectivity index (χ2n) is 3.65. The molecule has 0 radical (unpaired) electrons. The van der Waals surface area contributed by atoms with E-state index in [1.165, 1.54) is 25.1 Å². The van der Waals surface area contributed by atoms with Crippen molar-refractivity contribution in [3.05, 3.63) is 39.9 Å². The highest BCUT2D eigenvalue weighted by Crippen LogP contribution is 2.16. The van der Waals surface area contributed by atoms with Crippen molar-refractivity contribution in [3.63, 3.8) is 0 Å². The molecule has 0 saturated carbocycles. The fourth-order valence-electron chi connectivity index (χ4n) is 1.27. The van der Waals surface area contributed by atoms with Gasteiger partial charge in [-0.25, -0.2) is 0 Å². The van der Waals surface area contributed by atoms with Crippen LogP contribution in [0.3, 0.4) is 0 Å². The number of hydrogen-bond acceptors (Lipinski definition) is 5. The number of nitro groups is 1. The molecule has 1 aromatic carbocycles. The number of Topliss-reactive ketones (excluding diaryl/α,β-unsaturated/α-hetero) is 1. The Labute approximate surface area is 97.0 Å². The van der Waals surface area contributed by atoms with Crippen molar-refractivity contribution < 1.29 is 19.6 Å². The normalized spacial score (nSPS) is 11.8. The molecule has 1 aromatic rings. The molecule has 17 heavy (non-hydrogen) atoms. The summed E-state index contributed by atoms with van der Waals surface area (Å²) in [6.45, 7) is 1.35. The van der Waals surface area contributed by atoms with Gasteiger partial charge in [-0.1, -0.05) is 19.1 Å². The third-order valence-corrected chi connectivity index (χ3v) is 2.27. The Morgan fingerprint density at radius 3 is 2.59 bits per heavy atom. The minimum absolute atomic E-state index is 0.132. The fourth-order valence-corrected chi connectivity index (χ4v) is 1.27. The van der Waals surface area contributed by atoms with Crippen LogP contribution in [0.4, 0.5) is 5.69 Å². The Morgan fingerprint density at radius 1 is 1.41 bits per heavy atom. The predicted octanol–water partition coefficient (Wildman–Crippen LogP) is 0.554. The number of ketones is 1. The lowest BCUT2D eigenvalue weighted by Crippen LogP contribution is -2.30. The summed E-state index contributed by atoms with van der Waals surface area (Å²) >= 11 is 0. The van der Waals surface area contributed by atoms with Crippen molar-refractivity contribution in [1.29, 1.82) is 0 Å². The van der Waals surface area contributed by atoms with Crippen LogP contribution < -0.4 is 5.11 Å². The molecule has 0 aliphatic carbocycles. The van der Waals surface area contributed by atoms with E-state index < -0.39 is 22.6 Å². The van der Waals surface area contributed by atoms with Crippen molar-refractivity contribution >= 4 is 17.4 Å². The van der Waals surface area contributed by atoms with E-state index in [0.29, 0.717) is 0 Å². The maximum absolute atomic E-state index is 11.6. The van der Waals surface area contributed by atoms with Crippen LogP contribution in [0.15, 0.2) is 24.3 Å². The summed E-state index contributed by atoms with van der Waals surface area (Å²) in [5.41, 5.74) is -0.0655. The Balaban J connectivity index is 2.86. The number of nitrogens with zero attached hydrogens (tertiary/aromatic N) is 1. The summed E-state index contributed by atoms with van der Waals surface area (Å²) in [4.78, 5) is 32.0. The van der Waals surface area contributed by atoms with E-state index in [2.05, 4.69) is 0 Å². The number of nitro benzene ring substituents is 1. The van der Waals surface area contributed by atoms with Gasteiger partial charge in [0.2, 0.25) is 0 Å². The molecule has 6 nitrogen and oxygen atoms in total. The molecule has 1 rings (SSSR count). The number of carboxylic acid groups (broad SMARTS) is 1. The van der Waals surface area contributed by atoms with Crippen LogP contribution in [0, 0.1) is 16.0 Å². The number of non-ortho nitro benzene ring substituents is 1. The van der Waals surface area contributed by atoms with Gasteiger partial charge in [0.1, 0.15) is 0 Å². The molecule has 0 heterocycles. The second kappa shape index (κ2) is 5.20. The molecular weight excluding hydrogens is 226 g/mol. The van der Waals surface area contributed by atoms with Crippen LogP contribution in [0.1, 0.15) is 23.7 Å². The number of carbonyl (C=O) groups excluding carboxylic acids is 2. The first-order valence-corrected chi connectivity index (χ1v) is 4.90. The number of carboxylic acids is 1. The summed E-state index contributed by atoms with van der Waals surface area (Å²) in [6, 6.07) is 5.19. The zero-order chi connectivity index (χ0) is 13.0. The SMILES string of the molecule is C[C@@H](CC(=O)c1cccc([N+](=O)[O-])c1)C(=O)[O-]. The van der Waals surface area contributed by atoms with Crippen molar-refractivity contribution in [2.45, 2.75) is 13.3 Å². The highest BCUT2D eigenvalue weighted by Gasteiger charge is 2.14. The van der Waals surface area contributed by atoms with Gasteiger partial charge >= 0.3 is 0 Å². The minimum atomic E-state index is -1.32. The molecular formula is C11H10NO5-. The highest BCUT2D eigenvalue weighted by atomic mass is 16.6. The molecule has 90 valence electrons. The first kappa shape index (κ1) is 12.8. The van der Waals surface area contributed by atoms with Crippen molar-refractivity contribution in [2.75, 3.05) is 0 Å². The number of carbonyl (C=O) groups is 2. The summed E-state index contributed by atoms with van der Waals surface area (Å²) in [5.74, 6) is -2.68. The Hall–Kier alpha value is -2.24. The molecule has 0 bridgehead atoms. The molecule has 0 N–H and O–H groups in total. The van der Waals surface area contributed by atoms with E-state index in [1.807, 2.05) is 0 Å². The van der Waals surface area contributed by atoms with Gasteiger partial charge in [-0.05, 0) is 0 Å². The first-order valence-electron chi connectivity index (χ1n) is 4.90. The largest absolute Gasteiger partial charge is 0.550 e. The molecule has 0 saturated heterocycles. The molecule has 1 atom stereocenters. The number of benzene rings is 1. The Kier molecular flexibility index (Phi) is 3.92. The summed E-state index contributed by atoms with van der Waals surface area (Å²) in [5, 5.41) is 21.0. The third kappa shape index (κ3) is 3.37. The van der Waals surface area contributed by atoms with Crippen LogP contribution in [0.25, 0.3) is 0 Å². The topological polar surface area (TPSA) is 100 Å². The molecule has 0 fully saturated rings. The van der Waals surface area contributed by atoms with Crippen LogP contribution in [-0.4, -0.2) is 16.7 Å². The van der Waals surface area contributed by atoms with Crippen LogP contribution in [0.2, 0.25) is 0 Å². The smallest absolute Gasteiger partial charge is 0.270 e. The minimum Gasteiger partial charge on any atom is -0.550 e.